The highest BCUT2D eigenvalue weighted by atomic mass is 32.1. The van der Waals surface area contributed by atoms with E-state index in [1.807, 2.05) is 0 Å². The van der Waals surface area contributed by atoms with Crippen molar-refractivity contribution in [1.82, 2.24) is 4.90 Å². The first kappa shape index (κ1) is 5.82. The number of rotatable bonds is 2. The Morgan fingerprint density at radius 1 is 2.00 bits per heavy atom. The number of thiol groups is 1. The van der Waals surface area contributed by atoms with Gasteiger partial charge in [0.15, 0.2) is 0 Å². The lowest BCUT2D eigenvalue weighted by atomic mass is 11.0. The lowest BCUT2D eigenvalue weighted by Crippen LogP contribution is -2.11. The highest BCUT2D eigenvalue weighted by molar-refractivity contribution is 7.80. The highest BCUT2D eigenvalue weighted by Gasteiger charge is 1.76. The molecule has 0 saturated heterocycles. The summed E-state index contributed by atoms with van der Waals surface area (Å²) in [5.41, 5.74) is 0. The van der Waals surface area contributed by atoms with Crippen molar-refractivity contribution in [1.29, 1.82) is 5.41 Å². The Labute approximate surface area is 43.1 Å². The zero-order valence-corrected chi connectivity index (χ0v) is 4.57. The average molecular weight is 104 g/mol. The van der Waals surface area contributed by atoms with Crippen LogP contribution in [-0.4, -0.2) is 24.2 Å². The molecule has 0 aliphatic carbocycles. The summed E-state index contributed by atoms with van der Waals surface area (Å²) in [7, 11) is 1.79. The van der Waals surface area contributed by atoms with Crippen LogP contribution in [0.25, 0.3) is 0 Å². The van der Waals surface area contributed by atoms with Crippen LogP contribution in [-0.2, 0) is 0 Å². The Balaban J connectivity index is 2.96. The van der Waals surface area contributed by atoms with E-state index in [1.165, 1.54) is 6.34 Å². The topological polar surface area (TPSA) is 27.1 Å². The fourth-order valence-corrected chi connectivity index (χ4v) is 0.122. The van der Waals surface area contributed by atoms with Gasteiger partial charge in [0.25, 0.3) is 0 Å². The second-order valence-corrected chi connectivity index (χ2v) is 1.31. The number of hydrogen-bond donors (Lipinski definition) is 2. The van der Waals surface area contributed by atoms with Crippen LogP contribution in [0.2, 0.25) is 0 Å². The minimum atomic E-state index is 0.615. The molecule has 1 N–H and O–H groups in total. The summed E-state index contributed by atoms with van der Waals surface area (Å²) in [6.45, 7) is 0. The summed E-state index contributed by atoms with van der Waals surface area (Å²) in [6, 6.07) is 0. The van der Waals surface area contributed by atoms with Gasteiger partial charge >= 0.3 is 0 Å². The van der Waals surface area contributed by atoms with Crippen molar-refractivity contribution in [2.75, 3.05) is 12.9 Å². The molecule has 0 aromatic rings. The van der Waals surface area contributed by atoms with Crippen LogP contribution < -0.4 is 0 Å². The van der Waals surface area contributed by atoms with E-state index in [0.29, 0.717) is 5.88 Å². The molecule has 3 heteroatoms. The Morgan fingerprint density at radius 2 is 2.50 bits per heavy atom. The van der Waals surface area contributed by atoms with E-state index in [-0.39, 0.29) is 0 Å². The van der Waals surface area contributed by atoms with Crippen molar-refractivity contribution >= 4 is 19.0 Å². The second kappa shape index (κ2) is 3.03. The maximum absolute atomic E-state index is 6.56. The van der Waals surface area contributed by atoms with Crippen LogP contribution in [0.4, 0.5) is 0 Å². The summed E-state index contributed by atoms with van der Waals surface area (Å²) >= 11 is 3.87. The van der Waals surface area contributed by atoms with E-state index in [0.717, 1.165) is 0 Å². The van der Waals surface area contributed by atoms with Gasteiger partial charge in [-0.25, -0.2) is 0 Å². The van der Waals surface area contributed by atoms with Gasteiger partial charge in [-0.3, -0.25) is 5.41 Å². The third kappa shape index (κ3) is 2.08. The predicted molar refractivity (Wildman–Crippen MR) is 30.4 cm³/mol. The monoisotopic (exact) mass is 104 g/mol. The summed E-state index contributed by atoms with van der Waals surface area (Å²) in [4.78, 5) is 1.66. The molecular formula is C3H8N2S. The van der Waals surface area contributed by atoms with Gasteiger partial charge in [-0.2, -0.15) is 12.6 Å². The van der Waals surface area contributed by atoms with Crippen LogP contribution in [0.15, 0.2) is 0 Å². The van der Waals surface area contributed by atoms with Crippen molar-refractivity contribution in [3.05, 3.63) is 0 Å². The molecule has 0 amide bonds. The molecule has 0 fully saturated rings. The average Bonchev–Trinajstić information content (AvgIpc) is 1.65. The predicted octanol–water partition coefficient (Wildman–Crippen LogP) is 0.413. The van der Waals surface area contributed by atoms with E-state index in [2.05, 4.69) is 12.6 Å². The molecule has 0 spiro atoms. The third-order valence-electron chi connectivity index (χ3n) is 0.443. The molecule has 0 unspecified atom stereocenters. The molecule has 6 heavy (non-hydrogen) atoms. The molecule has 0 heterocycles. The largest absolute Gasteiger partial charge is 0.357 e. The minimum absolute atomic E-state index is 0.615. The number of nitrogens with zero attached hydrogens (tertiary/aromatic N) is 1. The molecule has 0 rings (SSSR count). The first-order valence-corrected chi connectivity index (χ1v) is 2.26. The van der Waals surface area contributed by atoms with Gasteiger partial charge in [0, 0.05) is 7.05 Å². The van der Waals surface area contributed by atoms with Gasteiger partial charge in [0.2, 0.25) is 0 Å². The maximum Gasteiger partial charge on any atom is 0.0821 e. The Hall–Kier alpha value is -0.180. The summed E-state index contributed by atoms with van der Waals surface area (Å²) < 4.78 is 0. The molecule has 0 radical (unpaired) electrons. The Bertz CT molecular complexity index is 46.1. The zero-order chi connectivity index (χ0) is 4.99. The third-order valence-corrected chi connectivity index (χ3v) is 0.890. The Kier molecular flexibility index (Phi) is 2.94. The second-order valence-electron chi connectivity index (χ2n) is 1.03. The van der Waals surface area contributed by atoms with E-state index in [9.17, 15) is 0 Å². The van der Waals surface area contributed by atoms with Gasteiger partial charge in [0.05, 0.1) is 12.2 Å². The summed E-state index contributed by atoms with van der Waals surface area (Å²) in [5.74, 6) is 0.615. The molecule has 0 bridgehead atoms. The lowest BCUT2D eigenvalue weighted by molar-refractivity contribution is 0.617. The van der Waals surface area contributed by atoms with Gasteiger partial charge in [0.1, 0.15) is 0 Å². The van der Waals surface area contributed by atoms with Gasteiger partial charge in [-0.05, 0) is 0 Å². The molecule has 0 aromatic carbocycles. The lowest BCUT2D eigenvalue weighted by Gasteiger charge is -2.03. The molecule has 0 aliphatic rings. The van der Waals surface area contributed by atoms with Crippen LogP contribution in [0, 0.1) is 5.41 Å². The van der Waals surface area contributed by atoms with Gasteiger partial charge in [-0.1, -0.05) is 0 Å². The Morgan fingerprint density at radius 3 is 2.50 bits per heavy atom. The molecular weight excluding hydrogens is 96.1 g/mol. The van der Waals surface area contributed by atoms with Crippen LogP contribution in [0.5, 0.6) is 0 Å². The maximum atomic E-state index is 6.56. The fraction of sp³-hybridized carbons (Fsp3) is 0.667. The molecule has 2 nitrogen and oxygen atoms in total. The molecule has 36 valence electrons. The fourth-order valence-electron chi connectivity index (χ4n) is 0.0408. The van der Waals surface area contributed by atoms with E-state index < -0.39 is 0 Å². The molecule has 0 atom stereocenters. The SMILES string of the molecule is CN(C=N)CS. The first-order chi connectivity index (χ1) is 2.81. The molecule has 0 saturated carbocycles. The van der Waals surface area contributed by atoms with Crippen LogP contribution in [0.3, 0.4) is 0 Å². The summed E-state index contributed by atoms with van der Waals surface area (Å²) in [6.07, 6.45) is 1.23. The highest BCUT2D eigenvalue weighted by Crippen LogP contribution is 1.75. The standard InChI is InChI=1S/C3H8N2S/c1-5(2-4)3-6/h2,4,6H,3H2,1H3. The minimum Gasteiger partial charge on any atom is -0.357 e. The number of nitrogens with one attached hydrogen (secondary N) is 1. The first-order valence-electron chi connectivity index (χ1n) is 1.63. The molecule has 0 aliphatic heterocycles. The van der Waals surface area contributed by atoms with Crippen molar-refractivity contribution in [2.45, 2.75) is 0 Å². The molecule has 0 aromatic heterocycles. The number of hydrogen-bond acceptors (Lipinski definition) is 2. The van der Waals surface area contributed by atoms with Crippen LogP contribution >= 0.6 is 12.6 Å². The van der Waals surface area contributed by atoms with E-state index in [1.54, 1.807) is 11.9 Å². The van der Waals surface area contributed by atoms with E-state index in [4.69, 9.17) is 5.41 Å². The quantitative estimate of drug-likeness (QED) is 0.226. The van der Waals surface area contributed by atoms with Crippen molar-refractivity contribution in [3.63, 3.8) is 0 Å². The zero-order valence-electron chi connectivity index (χ0n) is 3.68. The van der Waals surface area contributed by atoms with Gasteiger partial charge < -0.3 is 4.90 Å². The van der Waals surface area contributed by atoms with Crippen molar-refractivity contribution < 1.29 is 0 Å². The van der Waals surface area contributed by atoms with Crippen LogP contribution in [0.1, 0.15) is 0 Å². The van der Waals surface area contributed by atoms with Crippen molar-refractivity contribution in [2.24, 2.45) is 0 Å². The van der Waals surface area contributed by atoms with Gasteiger partial charge in [-0.15, -0.1) is 0 Å². The normalized spacial score (nSPS) is 7.67. The van der Waals surface area contributed by atoms with E-state index >= 15 is 0 Å². The summed E-state index contributed by atoms with van der Waals surface area (Å²) in [5, 5.41) is 6.56. The smallest absolute Gasteiger partial charge is 0.0821 e. The van der Waals surface area contributed by atoms with Crippen molar-refractivity contribution in [3.8, 4) is 0 Å².